The van der Waals surface area contributed by atoms with Crippen molar-refractivity contribution >= 4 is 40.5 Å². The van der Waals surface area contributed by atoms with Crippen LogP contribution in [0.2, 0.25) is 5.02 Å². The first kappa shape index (κ1) is 20.2. The Bertz CT molecular complexity index is 843. The van der Waals surface area contributed by atoms with Crippen LogP contribution in [0.5, 0.6) is 0 Å². The van der Waals surface area contributed by atoms with Crippen LogP contribution in [0.15, 0.2) is 42.5 Å². The Balaban J connectivity index is 1.61. The van der Waals surface area contributed by atoms with Crippen molar-refractivity contribution in [1.29, 1.82) is 0 Å². The van der Waals surface area contributed by atoms with Gasteiger partial charge in [-0.1, -0.05) is 25.4 Å². The molecule has 2 N–H and O–H groups in total. The molecule has 28 heavy (non-hydrogen) atoms. The SMILES string of the molecule is CC(C)CC(=O)Nc1ccc(NC(=O)c2ccc(N3CCCC3)c(Cl)c2)cc1. The second-order valence-corrected chi connectivity index (χ2v) is 7.95. The molecular formula is C22H26ClN3O2. The van der Waals surface area contributed by atoms with Crippen molar-refractivity contribution in [3.8, 4) is 0 Å². The monoisotopic (exact) mass is 399 g/mol. The van der Waals surface area contributed by atoms with E-state index >= 15 is 0 Å². The summed E-state index contributed by atoms with van der Waals surface area (Å²) < 4.78 is 0. The molecule has 2 amide bonds. The molecule has 148 valence electrons. The Labute approximate surface area is 171 Å². The average Bonchev–Trinajstić information content (AvgIpc) is 3.17. The minimum Gasteiger partial charge on any atom is -0.370 e. The first-order valence-electron chi connectivity index (χ1n) is 9.68. The summed E-state index contributed by atoms with van der Waals surface area (Å²) in [6, 6.07) is 12.5. The number of nitrogens with zero attached hydrogens (tertiary/aromatic N) is 1. The van der Waals surface area contributed by atoms with Crippen LogP contribution in [0.1, 0.15) is 43.5 Å². The standard InChI is InChI=1S/C22H26ClN3O2/c1-15(2)13-21(27)24-17-6-8-18(9-7-17)25-22(28)16-5-10-20(19(23)14-16)26-11-3-4-12-26/h5-10,14-15H,3-4,11-13H2,1-2H3,(H,24,27)(H,25,28). The largest absolute Gasteiger partial charge is 0.370 e. The van der Waals surface area contributed by atoms with Gasteiger partial charge in [0.05, 0.1) is 10.7 Å². The molecule has 6 heteroatoms. The van der Waals surface area contributed by atoms with E-state index in [9.17, 15) is 9.59 Å². The quantitative estimate of drug-likeness (QED) is 0.703. The topological polar surface area (TPSA) is 61.4 Å². The summed E-state index contributed by atoms with van der Waals surface area (Å²) in [5.74, 6) is 0.0771. The fourth-order valence-electron chi connectivity index (χ4n) is 3.29. The molecule has 2 aromatic carbocycles. The zero-order valence-electron chi connectivity index (χ0n) is 16.3. The van der Waals surface area contributed by atoms with Gasteiger partial charge in [0.2, 0.25) is 5.91 Å². The normalized spacial score (nSPS) is 13.6. The van der Waals surface area contributed by atoms with E-state index in [4.69, 9.17) is 11.6 Å². The molecule has 0 saturated carbocycles. The van der Waals surface area contributed by atoms with E-state index in [1.165, 1.54) is 12.8 Å². The molecule has 0 unspecified atom stereocenters. The smallest absolute Gasteiger partial charge is 0.255 e. The molecule has 5 nitrogen and oxygen atoms in total. The summed E-state index contributed by atoms with van der Waals surface area (Å²) in [6.45, 7) is 6.01. The van der Waals surface area contributed by atoms with Crippen molar-refractivity contribution < 1.29 is 9.59 Å². The van der Waals surface area contributed by atoms with Gasteiger partial charge in [-0.05, 0) is 61.2 Å². The Kier molecular flexibility index (Phi) is 6.57. The summed E-state index contributed by atoms with van der Waals surface area (Å²) in [5, 5.41) is 6.31. The summed E-state index contributed by atoms with van der Waals surface area (Å²) in [5.41, 5.74) is 2.87. The van der Waals surface area contributed by atoms with E-state index in [0.717, 1.165) is 18.8 Å². The molecule has 0 radical (unpaired) electrons. The zero-order valence-corrected chi connectivity index (χ0v) is 17.1. The molecule has 1 saturated heterocycles. The third-order valence-electron chi connectivity index (χ3n) is 4.68. The second kappa shape index (κ2) is 9.11. The van der Waals surface area contributed by atoms with Crippen LogP contribution in [0.4, 0.5) is 17.1 Å². The fraction of sp³-hybridized carbons (Fsp3) is 0.364. The van der Waals surface area contributed by atoms with Crippen LogP contribution in [0.25, 0.3) is 0 Å². The Morgan fingerprint density at radius 3 is 2.18 bits per heavy atom. The number of rotatable bonds is 6. The van der Waals surface area contributed by atoms with Gasteiger partial charge in [-0.15, -0.1) is 0 Å². The lowest BCUT2D eigenvalue weighted by molar-refractivity contribution is -0.116. The number of amides is 2. The number of hydrogen-bond donors (Lipinski definition) is 2. The molecule has 0 aromatic heterocycles. The molecule has 1 heterocycles. The average molecular weight is 400 g/mol. The van der Waals surface area contributed by atoms with Crippen LogP contribution in [0.3, 0.4) is 0 Å². The predicted molar refractivity (Wildman–Crippen MR) is 115 cm³/mol. The molecule has 0 atom stereocenters. The van der Waals surface area contributed by atoms with E-state index in [2.05, 4.69) is 15.5 Å². The molecule has 0 bridgehead atoms. The first-order valence-corrected chi connectivity index (χ1v) is 10.1. The van der Waals surface area contributed by atoms with Gasteiger partial charge in [0.1, 0.15) is 0 Å². The van der Waals surface area contributed by atoms with Gasteiger partial charge < -0.3 is 15.5 Å². The van der Waals surface area contributed by atoms with Crippen LogP contribution in [-0.4, -0.2) is 24.9 Å². The van der Waals surface area contributed by atoms with Crippen LogP contribution < -0.4 is 15.5 Å². The molecule has 2 aromatic rings. The number of halogens is 1. The molecule has 0 spiro atoms. The van der Waals surface area contributed by atoms with Gasteiger partial charge in [0.15, 0.2) is 0 Å². The van der Waals surface area contributed by atoms with Crippen LogP contribution in [-0.2, 0) is 4.79 Å². The highest BCUT2D eigenvalue weighted by Crippen LogP contribution is 2.30. The summed E-state index contributed by atoms with van der Waals surface area (Å²) in [4.78, 5) is 26.6. The van der Waals surface area contributed by atoms with Gasteiger partial charge in [0.25, 0.3) is 5.91 Å². The number of hydrogen-bond acceptors (Lipinski definition) is 3. The molecule has 1 fully saturated rings. The lowest BCUT2D eigenvalue weighted by atomic mass is 10.1. The number of benzene rings is 2. The van der Waals surface area contributed by atoms with Gasteiger partial charge in [-0.2, -0.15) is 0 Å². The maximum absolute atomic E-state index is 12.5. The third-order valence-corrected chi connectivity index (χ3v) is 4.98. The lowest BCUT2D eigenvalue weighted by Gasteiger charge is -2.19. The van der Waals surface area contributed by atoms with Gasteiger partial charge in [-0.25, -0.2) is 0 Å². The third kappa shape index (κ3) is 5.26. The van der Waals surface area contributed by atoms with Crippen molar-refractivity contribution in [2.24, 2.45) is 5.92 Å². The Morgan fingerprint density at radius 1 is 1.00 bits per heavy atom. The van der Waals surface area contributed by atoms with E-state index in [-0.39, 0.29) is 11.8 Å². The predicted octanol–water partition coefficient (Wildman–Crippen LogP) is 5.18. The lowest BCUT2D eigenvalue weighted by Crippen LogP contribution is -2.18. The highest BCUT2D eigenvalue weighted by Gasteiger charge is 2.17. The van der Waals surface area contributed by atoms with Crippen LogP contribution in [0, 0.1) is 5.92 Å². The highest BCUT2D eigenvalue weighted by molar-refractivity contribution is 6.33. The maximum atomic E-state index is 12.5. The maximum Gasteiger partial charge on any atom is 0.255 e. The highest BCUT2D eigenvalue weighted by atomic mass is 35.5. The first-order chi connectivity index (χ1) is 13.4. The second-order valence-electron chi connectivity index (χ2n) is 7.54. The minimum atomic E-state index is -0.216. The van der Waals surface area contributed by atoms with Gasteiger partial charge in [0, 0.05) is 36.4 Å². The van der Waals surface area contributed by atoms with Gasteiger partial charge in [-0.3, -0.25) is 9.59 Å². The van der Waals surface area contributed by atoms with Gasteiger partial charge >= 0.3 is 0 Å². The number of nitrogens with one attached hydrogen (secondary N) is 2. The fourth-order valence-corrected chi connectivity index (χ4v) is 3.59. The van der Waals surface area contributed by atoms with Crippen molar-refractivity contribution in [2.45, 2.75) is 33.1 Å². The van der Waals surface area contributed by atoms with Crippen LogP contribution >= 0.6 is 11.6 Å². The summed E-state index contributed by atoms with van der Waals surface area (Å²) >= 11 is 6.40. The Morgan fingerprint density at radius 2 is 1.61 bits per heavy atom. The van der Waals surface area contributed by atoms with E-state index in [1.54, 1.807) is 36.4 Å². The molecule has 0 aliphatic carbocycles. The van der Waals surface area contributed by atoms with E-state index in [0.29, 0.717) is 34.3 Å². The van der Waals surface area contributed by atoms with E-state index < -0.39 is 0 Å². The molecule has 3 rings (SSSR count). The van der Waals surface area contributed by atoms with E-state index in [1.807, 2.05) is 19.9 Å². The van der Waals surface area contributed by atoms with Crippen molar-refractivity contribution in [3.63, 3.8) is 0 Å². The van der Waals surface area contributed by atoms with Crippen molar-refractivity contribution in [3.05, 3.63) is 53.1 Å². The molecule has 1 aliphatic rings. The number of carbonyl (C=O) groups excluding carboxylic acids is 2. The zero-order chi connectivity index (χ0) is 20.1. The number of anilines is 3. The Hall–Kier alpha value is -2.53. The minimum absolute atomic E-state index is 0.0143. The molecular weight excluding hydrogens is 374 g/mol. The molecule has 1 aliphatic heterocycles. The summed E-state index contributed by atoms with van der Waals surface area (Å²) in [6.07, 6.45) is 2.83. The van der Waals surface area contributed by atoms with Crippen molar-refractivity contribution in [2.75, 3.05) is 28.6 Å². The summed E-state index contributed by atoms with van der Waals surface area (Å²) in [7, 11) is 0. The number of carbonyl (C=O) groups is 2. The van der Waals surface area contributed by atoms with Crippen molar-refractivity contribution in [1.82, 2.24) is 0 Å².